The first-order chi connectivity index (χ1) is 15.6. The third-order valence-corrected chi connectivity index (χ3v) is 6.23. The van der Waals surface area contributed by atoms with Crippen LogP contribution < -0.4 is 4.74 Å². The van der Waals surface area contributed by atoms with Crippen molar-refractivity contribution in [3.8, 4) is 16.9 Å². The Balaban J connectivity index is 1.47. The highest BCUT2D eigenvalue weighted by Gasteiger charge is 2.44. The van der Waals surface area contributed by atoms with Crippen LogP contribution in [0, 0.1) is 0 Å². The molecule has 7 nitrogen and oxygen atoms in total. The van der Waals surface area contributed by atoms with E-state index >= 15 is 0 Å². The van der Waals surface area contributed by atoms with Crippen LogP contribution in [0.25, 0.3) is 11.1 Å². The summed E-state index contributed by atoms with van der Waals surface area (Å²) in [7, 11) is 1.36. The summed E-state index contributed by atoms with van der Waals surface area (Å²) in [5.41, 5.74) is 2.09. The minimum absolute atomic E-state index is 0.308. The van der Waals surface area contributed by atoms with Crippen molar-refractivity contribution in [1.29, 1.82) is 0 Å². The number of carbonyl (C=O) groups excluding carboxylic acids is 2. The van der Waals surface area contributed by atoms with Crippen LogP contribution >= 0.6 is 0 Å². The number of aliphatic hydroxyl groups is 1. The number of hydrogen-bond donors (Lipinski definition) is 1. The van der Waals surface area contributed by atoms with Crippen LogP contribution in [0.5, 0.6) is 5.75 Å². The normalized spacial score (nSPS) is 19.4. The lowest BCUT2D eigenvalue weighted by Crippen LogP contribution is -2.52. The average Bonchev–Trinajstić information content (AvgIpc) is 2.78. The molecule has 2 aliphatic rings. The van der Waals surface area contributed by atoms with Crippen LogP contribution in [0.2, 0.25) is 0 Å². The maximum absolute atomic E-state index is 12.4. The average molecular weight is 454 g/mol. The number of amides is 1. The molecule has 0 aromatic heterocycles. The van der Waals surface area contributed by atoms with Crippen LogP contribution in [-0.2, 0) is 9.47 Å². The summed E-state index contributed by atoms with van der Waals surface area (Å²) >= 11 is 0. The lowest BCUT2D eigenvalue weighted by Gasteiger charge is -2.46. The molecule has 2 aromatic carbocycles. The van der Waals surface area contributed by atoms with Crippen molar-refractivity contribution in [2.75, 3.05) is 20.2 Å². The Morgan fingerprint density at radius 2 is 1.70 bits per heavy atom. The van der Waals surface area contributed by atoms with Crippen molar-refractivity contribution in [3.05, 3.63) is 53.6 Å². The number of likely N-dealkylation sites (tertiary alicyclic amines) is 1. The minimum atomic E-state index is -0.656. The van der Waals surface area contributed by atoms with Crippen molar-refractivity contribution < 1.29 is 28.9 Å². The lowest BCUT2D eigenvalue weighted by molar-refractivity contribution is -0.0569. The molecule has 1 unspecified atom stereocenters. The van der Waals surface area contributed by atoms with Gasteiger partial charge in [-0.15, -0.1) is 0 Å². The summed E-state index contributed by atoms with van der Waals surface area (Å²) in [5, 5.41) is 11.0. The van der Waals surface area contributed by atoms with E-state index in [1.54, 1.807) is 17.0 Å². The van der Waals surface area contributed by atoms with Gasteiger partial charge in [-0.05, 0) is 56.2 Å². The van der Waals surface area contributed by atoms with E-state index in [-0.39, 0.29) is 12.1 Å². The quantitative estimate of drug-likeness (QED) is 0.662. The second-order valence-electron chi connectivity index (χ2n) is 9.79. The van der Waals surface area contributed by atoms with Crippen molar-refractivity contribution >= 4 is 12.1 Å². The third-order valence-electron chi connectivity index (χ3n) is 6.23. The third kappa shape index (κ3) is 4.98. The molecule has 1 amide bonds. The Morgan fingerprint density at radius 3 is 2.30 bits per heavy atom. The predicted octanol–water partition coefficient (Wildman–Crippen LogP) is 4.73. The number of ether oxygens (including phenoxy) is 3. The Kier molecular flexibility index (Phi) is 6.10. The second kappa shape index (κ2) is 8.71. The van der Waals surface area contributed by atoms with Gasteiger partial charge in [0, 0.05) is 37.9 Å². The Labute approximate surface area is 194 Å². The van der Waals surface area contributed by atoms with Gasteiger partial charge in [0.05, 0.1) is 18.8 Å². The van der Waals surface area contributed by atoms with Gasteiger partial charge in [-0.3, -0.25) is 0 Å². The molecule has 7 heteroatoms. The maximum Gasteiger partial charge on any atom is 0.410 e. The van der Waals surface area contributed by atoms with Crippen LogP contribution in [-0.4, -0.2) is 53.5 Å². The molecule has 176 valence electrons. The molecule has 0 bridgehead atoms. The summed E-state index contributed by atoms with van der Waals surface area (Å²) in [6, 6.07) is 12.9. The summed E-state index contributed by atoms with van der Waals surface area (Å²) in [4.78, 5) is 25.8. The van der Waals surface area contributed by atoms with Crippen molar-refractivity contribution in [1.82, 2.24) is 4.90 Å². The molecule has 1 spiro atoms. The van der Waals surface area contributed by atoms with Crippen LogP contribution in [0.15, 0.2) is 42.5 Å². The molecular weight excluding hydrogens is 422 g/mol. The number of carbonyl (C=O) groups is 2. The zero-order valence-corrected chi connectivity index (χ0v) is 19.6. The van der Waals surface area contributed by atoms with Gasteiger partial charge < -0.3 is 24.2 Å². The van der Waals surface area contributed by atoms with E-state index in [0.717, 1.165) is 16.7 Å². The van der Waals surface area contributed by atoms with E-state index in [9.17, 15) is 14.7 Å². The summed E-state index contributed by atoms with van der Waals surface area (Å²) < 4.78 is 16.6. The van der Waals surface area contributed by atoms with E-state index in [2.05, 4.69) is 0 Å². The highest BCUT2D eigenvalue weighted by molar-refractivity contribution is 5.90. The van der Waals surface area contributed by atoms with Gasteiger partial charge in [-0.2, -0.15) is 0 Å². The standard InChI is InChI=1S/C26H31NO6/c1-25(2,3)33-24(30)27-13-11-26(12-14-27)16-21(28)20-15-19(9-10-22(20)32-26)17-5-7-18(8-6-17)23(29)31-4/h5-10,15,21,28H,11-14,16H2,1-4H3. The van der Waals surface area contributed by atoms with Gasteiger partial charge in [0.2, 0.25) is 0 Å². The molecule has 2 aromatic rings. The van der Waals surface area contributed by atoms with Gasteiger partial charge in [0.15, 0.2) is 0 Å². The maximum atomic E-state index is 12.4. The van der Waals surface area contributed by atoms with Gasteiger partial charge in [0.25, 0.3) is 0 Å². The molecule has 4 rings (SSSR count). The molecule has 0 radical (unpaired) electrons. The van der Waals surface area contributed by atoms with E-state index in [0.29, 0.717) is 43.7 Å². The number of aliphatic hydroxyl groups excluding tert-OH is 1. The predicted molar refractivity (Wildman–Crippen MR) is 123 cm³/mol. The summed E-state index contributed by atoms with van der Waals surface area (Å²) in [6.45, 7) is 6.63. The Hall–Kier alpha value is -3.06. The fourth-order valence-corrected chi connectivity index (χ4v) is 4.46. The van der Waals surface area contributed by atoms with E-state index in [1.165, 1.54) is 7.11 Å². The highest BCUT2D eigenvalue weighted by Crippen LogP contribution is 2.45. The zero-order chi connectivity index (χ0) is 23.8. The minimum Gasteiger partial charge on any atom is -0.487 e. The Bertz CT molecular complexity index is 1030. The number of esters is 1. The molecule has 1 fully saturated rings. The number of nitrogens with zero attached hydrogens (tertiary/aromatic N) is 1. The molecule has 1 atom stereocenters. The first-order valence-electron chi connectivity index (χ1n) is 11.3. The van der Waals surface area contributed by atoms with Crippen molar-refractivity contribution in [2.45, 2.75) is 57.3 Å². The monoisotopic (exact) mass is 453 g/mol. The molecular formula is C26H31NO6. The fourth-order valence-electron chi connectivity index (χ4n) is 4.46. The van der Waals surface area contributed by atoms with E-state index < -0.39 is 17.3 Å². The number of hydrogen-bond acceptors (Lipinski definition) is 6. The fraction of sp³-hybridized carbons (Fsp3) is 0.462. The summed E-state index contributed by atoms with van der Waals surface area (Å²) in [6.07, 6.45) is 0.791. The smallest absolute Gasteiger partial charge is 0.410 e. The first-order valence-corrected chi connectivity index (χ1v) is 11.3. The Morgan fingerprint density at radius 1 is 1.06 bits per heavy atom. The SMILES string of the molecule is COC(=O)c1ccc(-c2ccc3c(c2)C(O)CC2(CCN(C(=O)OC(C)(C)C)CC2)O3)cc1. The highest BCUT2D eigenvalue weighted by atomic mass is 16.6. The van der Waals surface area contributed by atoms with E-state index in [4.69, 9.17) is 14.2 Å². The second-order valence-corrected chi connectivity index (χ2v) is 9.79. The molecule has 33 heavy (non-hydrogen) atoms. The number of fused-ring (bicyclic) bond motifs is 1. The molecule has 0 aliphatic carbocycles. The van der Waals surface area contributed by atoms with Crippen LogP contribution in [0.3, 0.4) is 0 Å². The largest absolute Gasteiger partial charge is 0.487 e. The molecule has 0 saturated carbocycles. The van der Waals surface area contributed by atoms with Gasteiger partial charge in [0.1, 0.15) is 17.0 Å². The zero-order valence-electron chi connectivity index (χ0n) is 19.6. The molecule has 1 saturated heterocycles. The lowest BCUT2D eigenvalue weighted by atomic mass is 9.81. The number of piperidine rings is 1. The molecule has 2 heterocycles. The van der Waals surface area contributed by atoms with Gasteiger partial charge >= 0.3 is 12.1 Å². The van der Waals surface area contributed by atoms with Gasteiger partial charge in [-0.1, -0.05) is 18.2 Å². The van der Waals surface area contributed by atoms with Crippen molar-refractivity contribution in [2.24, 2.45) is 0 Å². The first kappa shape index (κ1) is 23.1. The topological polar surface area (TPSA) is 85.3 Å². The van der Waals surface area contributed by atoms with Crippen LogP contribution in [0.4, 0.5) is 4.79 Å². The van der Waals surface area contributed by atoms with E-state index in [1.807, 2.05) is 51.1 Å². The number of methoxy groups -OCH3 is 1. The summed E-state index contributed by atoms with van der Waals surface area (Å²) in [5.74, 6) is 0.299. The molecule has 2 aliphatic heterocycles. The number of benzene rings is 2. The molecule has 1 N–H and O–H groups in total. The van der Waals surface area contributed by atoms with Crippen LogP contribution in [0.1, 0.15) is 62.1 Å². The number of rotatable bonds is 2. The van der Waals surface area contributed by atoms with Gasteiger partial charge in [-0.25, -0.2) is 9.59 Å². The van der Waals surface area contributed by atoms with Crippen molar-refractivity contribution in [3.63, 3.8) is 0 Å².